The van der Waals surface area contributed by atoms with E-state index >= 15 is 0 Å². The molecule has 59 heavy (non-hydrogen) atoms. The molecule has 1 atom stereocenters. The maximum absolute atomic E-state index is 13.8. The number of rotatable bonds is 21. The molecule has 322 valence electrons. The fourth-order valence-electron chi connectivity index (χ4n) is 6.09. The van der Waals surface area contributed by atoms with Gasteiger partial charge in [-0.3, -0.25) is 4.79 Å². The van der Waals surface area contributed by atoms with Crippen LogP contribution in [0, 0.1) is 0 Å². The van der Waals surface area contributed by atoms with Gasteiger partial charge < -0.3 is 39.8 Å². The van der Waals surface area contributed by atoms with Crippen LogP contribution in [0.25, 0.3) is 11.1 Å². The first-order valence-corrected chi connectivity index (χ1v) is 20.5. The quantitative estimate of drug-likeness (QED) is 0.0548. The highest BCUT2D eigenvalue weighted by molar-refractivity contribution is 5.84. The third-order valence-corrected chi connectivity index (χ3v) is 9.01. The van der Waals surface area contributed by atoms with Gasteiger partial charge in [0.25, 0.3) is 0 Å². The minimum absolute atomic E-state index is 0.0731. The molecule has 0 saturated heterocycles. The summed E-state index contributed by atoms with van der Waals surface area (Å²) in [5, 5.41) is 8.21. The molecule has 3 aromatic rings. The highest BCUT2D eigenvalue weighted by Gasteiger charge is 2.30. The smallest absolute Gasteiger partial charge is 0.407 e. The van der Waals surface area contributed by atoms with Gasteiger partial charge in [-0.15, -0.1) is 0 Å². The van der Waals surface area contributed by atoms with Crippen molar-refractivity contribution in [2.75, 3.05) is 33.3 Å². The summed E-state index contributed by atoms with van der Waals surface area (Å²) in [4.78, 5) is 64.7. The molecule has 0 radical (unpaired) electrons. The molecule has 3 N–H and O–H groups in total. The van der Waals surface area contributed by atoms with Crippen molar-refractivity contribution in [3.63, 3.8) is 0 Å². The van der Waals surface area contributed by atoms with Crippen molar-refractivity contribution in [2.24, 2.45) is 0 Å². The van der Waals surface area contributed by atoms with Crippen molar-refractivity contribution < 1.29 is 42.9 Å². The zero-order valence-electron chi connectivity index (χ0n) is 35.9. The molecule has 0 heterocycles. The molecule has 13 nitrogen and oxygen atoms in total. The van der Waals surface area contributed by atoms with Crippen LogP contribution in [0.3, 0.4) is 0 Å². The Hall–Kier alpha value is -5.59. The van der Waals surface area contributed by atoms with Crippen molar-refractivity contribution in [1.82, 2.24) is 20.9 Å². The van der Waals surface area contributed by atoms with Crippen molar-refractivity contribution in [1.29, 1.82) is 0 Å². The van der Waals surface area contributed by atoms with Crippen LogP contribution in [-0.2, 0) is 48.0 Å². The van der Waals surface area contributed by atoms with Gasteiger partial charge in [0, 0.05) is 32.6 Å². The molecule has 0 spiro atoms. The zero-order chi connectivity index (χ0) is 43.3. The van der Waals surface area contributed by atoms with Gasteiger partial charge in [-0.05, 0) is 114 Å². The molecule has 0 aliphatic carbocycles. The number of aryl methyl sites for hydroxylation is 2. The summed E-state index contributed by atoms with van der Waals surface area (Å²) in [5.74, 6) is -0.809. The van der Waals surface area contributed by atoms with Crippen LogP contribution in [0.2, 0.25) is 0 Å². The molecule has 3 aromatic carbocycles. The Labute approximate surface area is 349 Å². The van der Waals surface area contributed by atoms with Crippen LogP contribution in [0.4, 0.5) is 14.4 Å². The fraction of sp³-hybridized carbons (Fsp3) is 0.500. The van der Waals surface area contributed by atoms with Gasteiger partial charge in [0.1, 0.15) is 23.9 Å². The largest absolute Gasteiger partial charge is 0.467 e. The van der Waals surface area contributed by atoms with E-state index in [1.54, 1.807) is 41.5 Å². The first-order chi connectivity index (χ1) is 28.0. The Balaban J connectivity index is 1.52. The number of hydrogen-bond acceptors (Lipinski definition) is 9. The van der Waals surface area contributed by atoms with Gasteiger partial charge >= 0.3 is 24.2 Å². The Morgan fingerprint density at radius 1 is 0.593 bits per heavy atom. The van der Waals surface area contributed by atoms with Gasteiger partial charge in [0.15, 0.2) is 0 Å². The molecule has 0 fully saturated rings. The van der Waals surface area contributed by atoms with E-state index in [1.165, 1.54) is 17.6 Å². The van der Waals surface area contributed by atoms with E-state index in [4.69, 9.17) is 18.9 Å². The minimum atomic E-state index is -0.884. The topological polar surface area (TPSA) is 162 Å². The number of esters is 1. The number of unbranched alkanes of at least 4 members (excludes halogenated alkanes) is 2. The highest BCUT2D eigenvalue weighted by Crippen LogP contribution is 2.22. The average molecular weight is 817 g/mol. The summed E-state index contributed by atoms with van der Waals surface area (Å²) >= 11 is 0. The number of nitrogens with zero attached hydrogens (tertiary/aromatic N) is 1. The second-order valence-corrected chi connectivity index (χ2v) is 16.3. The molecule has 3 rings (SSSR count). The summed E-state index contributed by atoms with van der Waals surface area (Å²) in [6.45, 7) is 11.9. The van der Waals surface area contributed by atoms with Crippen molar-refractivity contribution in [2.45, 2.75) is 117 Å². The number of methoxy groups -OCH3 is 1. The lowest BCUT2D eigenvalue weighted by Gasteiger charge is -2.30. The lowest BCUT2D eigenvalue weighted by Crippen LogP contribution is -2.49. The number of ether oxygens (including phenoxy) is 4. The lowest BCUT2D eigenvalue weighted by molar-refractivity contribution is -0.153. The van der Waals surface area contributed by atoms with E-state index in [-0.39, 0.29) is 32.0 Å². The third kappa shape index (κ3) is 19.6. The predicted molar refractivity (Wildman–Crippen MR) is 228 cm³/mol. The number of hydrogen-bond donors (Lipinski definition) is 3. The SMILES string of the molecule is COC(=O)[C@H](CCCCNC(=O)OC(C)(C)C)N(CCNC(=O)OC(C)(C)C)C(=O)CCc1ccc(-c2ccc(CCCCNC(=O)OCc3ccccc3)cc2)cc1. The first-order valence-electron chi connectivity index (χ1n) is 20.5. The number of carbonyl (C=O) groups is 5. The van der Waals surface area contributed by atoms with Crippen LogP contribution >= 0.6 is 0 Å². The van der Waals surface area contributed by atoms with Gasteiger partial charge in [-0.25, -0.2) is 19.2 Å². The minimum Gasteiger partial charge on any atom is -0.467 e. The first kappa shape index (κ1) is 47.8. The highest BCUT2D eigenvalue weighted by atomic mass is 16.6. The Morgan fingerprint density at radius 2 is 1.10 bits per heavy atom. The van der Waals surface area contributed by atoms with Gasteiger partial charge in [-0.2, -0.15) is 0 Å². The summed E-state index contributed by atoms with van der Waals surface area (Å²) in [7, 11) is 1.28. The maximum atomic E-state index is 13.8. The lowest BCUT2D eigenvalue weighted by atomic mass is 9.99. The molecule has 0 aromatic heterocycles. The number of nitrogens with one attached hydrogen (secondary N) is 3. The number of carbonyl (C=O) groups excluding carboxylic acids is 5. The molecule has 0 aliphatic rings. The van der Waals surface area contributed by atoms with E-state index in [2.05, 4.69) is 40.2 Å². The van der Waals surface area contributed by atoms with Gasteiger partial charge in [0.05, 0.1) is 7.11 Å². The van der Waals surface area contributed by atoms with E-state index in [0.717, 1.165) is 41.5 Å². The normalized spacial score (nSPS) is 11.8. The van der Waals surface area contributed by atoms with E-state index in [9.17, 15) is 24.0 Å². The Kier molecular flexibility index (Phi) is 19.7. The molecule has 0 unspecified atom stereocenters. The van der Waals surface area contributed by atoms with Crippen LogP contribution in [0.5, 0.6) is 0 Å². The monoisotopic (exact) mass is 816 g/mol. The van der Waals surface area contributed by atoms with Crippen LogP contribution in [0.1, 0.15) is 96.8 Å². The van der Waals surface area contributed by atoms with Crippen molar-refractivity contribution in [3.05, 3.63) is 95.6 Å². The van der Waals surface area contributed by atoms with E-state index < -0.39 is 41.5 Å². The number of benzene rings is 3. The number of amides is 4. The second kappa shape index (κ2) is 24.4. The summed E-state index contributed by atoms with van der Waals surface area (Å²) in [5.41, 5.74) is 3.94. The van der Waals surface area contributed by atoms with E-state index in [1.807, 2.05) is 54.6 Å². The van der Waals surface area contributed by atoms with Crippen LogP contribution in [0.15, 0.2) is 78.9 Å². The summed E-state index contributed by atoms with van der Waals surface area (Å²) in [6, 6.07) is 25.2. The molecule has 0 bridgehead atoms. The van der Waals surface area contributed by atoms with E-state index in [0.29, 0.717) is 38.8 Å². The zero-order valence-corrected chi connectivity index (χ0v) is 35.9. The van der Waals surface area contributed by atoms with Crippen LogP contribution in [-0.4, -0.2) is 85.6 Å². The molecule has 0 saturated carbocycles. The van der Waals surface area contributed by atoms with Crippen molar-refractivity contribution >= 4 is 30.2 Å². The van der Waals surface area contributed by atoms with Gasteiger partial charge in [0.2, 0.25) is 5.91 Å². The molecular formula is C46H64N4O9. The predicted octanol–water partition coefficient (Wildman–Crippen LogP) is 8.13. The number of alkyl carbamates (subject to hydrolysis) is 3. The standard InChI is InChI=1S/C46H64N4O9/c1-45(2,3)58-43(54)48-30-14-12-18-39(41(52)56-7)50(32-31-49-44(55)59-46(4,5)6)40(51)28-23-35-21-26-38(27-22-35)37-24-19-34(20-25-37)15-11-13-29-47-42(53)57-33-36-16-9-8-10-17-36/h8-10,16-17,19-22,24-27,39H,11-15,18,23,28-33H2,1-7H3,(H,47,53)(H,48,54)(H,49,55)/t39-/m0/s1. The summed E-state index contributed by atoms with van der Waals surface area (Å²) < 4.78 is 21.0. The Morgan fingerprint density at radius 3 is 1.64 bits per heavy atom. The molecular weight excluding hydrogens is 753 g/mol. The Bertz CT molecular complexity index is 1750. The fourth-order valence-corrected chi connectivity index (χ4v) is 6.09. The van der Waals surface area contributed by atoms with Crippen LogP contribution < -0.4 is 16.0 Å². The molecule has 13 heteroatoms. The third-order valence-electron chi connectivity index (χ3n) is 9.01. The molecule has 4 amide bonds. The maximum Gasteiger partial charge on any atom is 0.407 e. The molecule has 0 aliphatic heterocycles. The van der Waals surface area contributed by atoms with Gasteiger partial charge in [-0.1, -0.05) is 78.9 Å². The summed E-state index contributed by atoms with van der Waals surface area (Å²) in [6.07, 6.45) is 3.06. The van der Waals surface area contributed by atoms with Crippen molar-refractivity contribution in [3.8, 4) is 11.1 Å². The second-order valence-electron chi connectivity index (χ2n) is 16.3. The average Bonchev–Trinajstić information content (AvgIpc) is 3.18.